The Hall–Kier alpha value is -1.99. The van der Waals surface area contributed by atoms with Crippen LogP contribution in [0.5, 0.6) is 0 Å². The largest absolute Gasteiger partial charge is 0.342 e. The van der Waals surface area contributed by atoms with Crippen LogP contribution in [-0.2, 0) is 16.0 Å². The average Bonchev–Trinajstić information content (AvgIpc) is 2.82. The monoisotopic (exact) mass is 238 g/mol. The minimum Gasteiger partial charge on any atom is -0.342 e. The summed E-state index contributed by atoms with van der Waals surface area (Å²) in [7, 11) is 1.74. The summed E-state index contributed by atoms with van der Waals surface area (Å²) in [5.41, 5.74) is 0. The lowest BCUT2D eigenvalue weighted by molar-refractivity contribution is -0.144. The molecule has 1 aliphatic heterocycles. The number of nitrogens with one attached hydrogen (secondary N) is 1. The molecule has 0 radical (unpaired) electrons. The third-order valence-corrected chi connectivity index (χ3v) is 2.76. The minimum atomic E-state index is -0.0451. The van der Waals surface area contributed by atoms with Gasteiger partial charge in [-0.2, -0.15) is 5.21 Å². The molecule has 0 saturated carbocycles. The maximum absolute atomic E-state index is 11.8. The summed E-state index contributed by atoms with van der Waals surface area (Å²) in [6.07, 6.45) is 0.742. The summed E-state index contributed by atoms with van der Waals surface area (Å²) in [6, 6.07) is 0. The molecule has 2 amide bonds. The second-order valence-corrected chi connectivity index (χ2v) is 3.96. The molecule has 1 N–H and O–H groups in total. The number of aryl methyl sites for hydroxylation is 1. The highest BCUT2D eigenvalue weighted by atomic mass is 16.2. The molecule has 1 aromatic rings. The van der Waals surface area contributed by atoms with Crippen molar-refractivity contribution in [1.29, 1.82) is 0 Å². The van der Waals surface area contributed by atoms with Crippen molar-refractivity contribution in [2.75, 3.05) is 26.7 Å². The molecule has 0 atom stereocenters. The molecule has 1 aliphatic rings. The fourth-order valence-corrected chi connectivity index (χ4v) is 1.64. The van der Waals surface area contributed by atoms with E-state index in [0.717, 1.165) is 0 Å². The van der Waals surface area contributed by atoms with E-state index >= 15 is 0 Å². The van der Waals surface area contributed by atoms with Crippen LogP contribution in [0.1, 0.15) is 12.2 Å². The number of H-pyrrole nitrogens is 1. The SMILES string of the molecule is CN1CCN(C(=O)CCc2nn[nH]n2)CC1=O. The van der Waals surface area contributed by atoms with Crippen molar-refractivity contribution in [3.8, 4) is 0 Å². The molecule has 2 heterocycles. The van der Waals surface area contributed by atoms with Crippen molar-refractivity contribution in [3.63, 3.8) is 0 Å². The Morgan fingerprint density at radius 1 is 1.47 bits per heavy atom. The van der Waals surface area contributed by atoms with Crippen molar-refractivity contribution in [1.82, 2.24) is 30.4 Å². The Morgan fingerprint density at radius 2 is 2.29 bits per heavy atom. The Bertz CT molecular complexity index is 404. The number of likely N-dealkylation sites (N-methyl/N-ethyl adjacent to an activating group) is 1. The van der Waals surface area contributed by atoms with Crippen molar-refractivity contribution in [2.45, 2.75) is 12.8 Å². The number of nitrogens with zero attached hydrogens (tertiary/aromatic N) is 5. The van der Waals surface area contributed by atoms with E-state index in [1.165, 1.54) is 0 Å². The first-order valence-electron chi connectivity index (χ1n) is 5.41. The molecular formula is C9H14N6O2. The Labute approximate surface area is 98.0 Å². The number of hydrogen-bond acceptors (Lipinski definition) is 5. The summed E-state index contributed by atoms with van der Waals surface area (Å²) in [5, 5.41) is 13.3. The van der Waals surface area contributed by atoms with Crippen LogP contribution in [0.3, 0.4) is 0 Å². The van der Waals surface area contributed by atoms with E-state index in [-0.39, 0.29) is 18.4 Å². The molecule has 0 aliphatic carbocycles. The van der Waals surface area contributed by atoms with E-state index in [0.29, 0.717) is 31.8 Å². The van der Waals surface area contributed by atoms with Crippen molar-refractivity contribution in [2.24, 2.45) is 0 Å². The van der Waals surface area contributed by atoms with Crippen LogP contribution in [-0.4, -0.2) is 68.9 Å². The zero-order chi connectivity index (χ0) is 12.3. The maximum Gasteiger partial charge on any atom is 0.241 e. The van der Waals surface area contributed by atoms with E-state index in [9.17, 15) is 9.59 Å². The van der Waals surface area contributed by atoms with Crippen LogP contribution in [0.2, 0.25) is 0 Å². The van der Waals surface area contributed by atoms with E-state index in [1.807, 2.05) is 0 Å². The average molecular weight is 238 g/mol. The number of amides is 2. The first kappa shape index (κ1) is 11.5. The minimum absolute atomic E-state index is 0.0239. The lowest BCUT2D eigenvalue weighted by atomic mass is 10.2. The number of tetrazole rings is 1. The van der Waals surface area contributed by atoms with E-state index in [4.69, 9.17) is 0 Å². The number of rotatable bonds is 3. The van der Waals surface area contributed by atoms with Crippen LogP contribution in [0, 0.1) is 0 Å². The number of carbonyl (C=O) groups excluding carboxylic acids is 2. The first-order chi connectivity index (χ1) is 8.16. The van der Waals surface area contributed by atoms with Crippen molar-refractivity contribution in [3.05, 3.63) is 5.82 Å². The summed E-state index contributed by atoms with van der Waals surface area (Å²) >= 11 is 0. The first-order valence-corrected chi connectivity index (χ1v) is 5.41. The molecule has 8 nitrogen and oxygen atoms in total. The zero-order valence-electron chi connectivity index (χ0n) is 9.59. The third kappa shape index (κ3) is 2.77. The van der Waals surface area contributed by atoms with Gasteiger partial charge < -0.3 is 9.80 Å². The molecule has 92 valence electrons. The summed E-state index contributed by atoms with van der Waals surface area (Å²) in [5.74, 6) is 0.444. The van der Waals surface area contributed by atoms with Crippen molar-refractivity contribution >= 4 is 11.8 Å². The standard InChI is InChI=1S/C9H14N6O2/c1-14-4-5-15(6-9(14)17)8(16)3-2-7-10-12-13-11-7/h2-6H2,1H3,(H,10,11,12,13). The third-order valence-electron chi connectivity index (χ3n) is 2.76. The van der Waals surface area contributed by atoms with Crippen LogP contribution >= 0.6 is 0 Å². The fourth-order valence-electron chi connectivity index (χ4n) is 1.64. The molecule has 1 fully saturated rings. The highest BCUT2D eigenvalue weighted by Crippen LogP contribution is 2.04. The molecule has 0 bridgehead atoms. The number of carbonyl (C=O) groups is 2. The van der Waals surface area contributed by atoms with E-state index < -0.39 is 0 Å². The van der Waals surface area contributed by atoms with Crippen LogP contribution in [0.25, 0.3) is 0 Å². The number of aromatic nitrogens is 4. The molecular weight excluding hydrogens is 224 g/mol. The maximum atomic E-state index is 11.8. The molecule has 0 unspecified atom stereocenters. The predicted molar refractivity (Wildman–Crippen MR) is 56.7 cm³/mol. The van der Waals surface area contributed by atoms with E-state index in [2.05, 4.69) is 20.6 Å². The van der Waals surface area contributed by atoms with Crippen molar-refractivity contribution < 1.29 is 9.59 Å². The van der Waals surface area contributed by atoms with Gasteiger partial charge >= 0.3 is 0 Å². The lowest BCUT2D eigenvalue weighted by Crippen LogP contribution is -2.50. The molecule has 1 aromatic heterocycles. The van der Waals surface area contributed by atoms with Gasteiger partial charge in [0.25, 0.3) is 0 Å². The highest BCUT2D eigenvalue weighted by molar-refractivity contribution is 5.85. The van der Waals surface area contributed by atoms with E-state index in [1.54, 1.807) is 16.8 Å². The molecule has 1 saturated heterocycles. The highest BCUT2D eigenvalue weighted by Gasteiger charge is 2.24. The van der Waals surface area contributed by atoms with Gasteiger partial charge in [0.1, 0.15) is 0 Å². The van der Waals surface area contributed by atoms with Crippen LogP contribution < -0.4 is 0 Å². The quantitative estimate of drug-likeness (QED) is 0.686. The van der Waals surface area contributed by atoms with Gasteiger partial charge in [0.15, 0.2) is 5.82 Å². The smallest absolute Gasteiger partial charge is 0.241 e. The second kappa shape index (κ2) is 4.89. The molecule has 8 heteroatoms. The molecule has 17 heavy (non-hydrogen) atoms. The van der Waals surface area contributed by atoms with Crippen LogP contribution in [0.4, 0.5) is 0 Å². The van der Waals surface area contributed by atoms with Gasteiger partial charge in [-0.15, -0.1) is 10.2 Å². The summed E-state index contributed by atoms with van der Waals surface area (Å²) in [4.78, 5) is 26.4. The predicted octanol–water partition coefficient (Wildman–Crippen LogP) is -1.57. The summed E-state index contributed by atoms with van der Waals surface area (Å²) in [6.45, 7) is 1.35. The zero-order valence-corrected chi connectivity index (χ0v) is 9.59. The Balaban J connectivity index is 1.82. The summed E-state index contributed by atoms with van der Waals surface area (Å²) < 4.78 is 0. The number of piperazine rings is 1. The second-order valence-electron chi connectivity index (χ2n) is 3.96. The number of hydrogen-bond donors (Lipinski definition) is 1. The van der Waals surface area contributed by atoms with Crippen LogP contribution in [0.15, 0.2) is 0 Å². The Morgan fingerprint density at radius 3 is 2.94 bits per heavy atom. The van der Waals surface area contributed by atoms with Gasteiger partial charge in [0.2, 0.25) is 11.8 Å². The van der Waals surface area contributed by atoms with Gasteiger partial charge in [-0.05, 0) is 0 Å². The molecule has 2 rings (SSSR count). The van der Waals surface area contributed by atoms with Gasteiger partial charge in [0, 0.05) is 33.0 Å². The molecule has 0 spiro atoms. The lowest BCUT2D eigenvalue weighted by Gasteiger charge is -2.31. The molecule has 0 aromatic carbocycles. The normalized spacial score (nSPS) is 16.4. The fraction of sp³-hybridized carbons (Fsp3) is 0.667. The van der Waals surface area contributed by atoms with Gasteiger partial charge in [-0.1, -0.05) is 5.21 Å². The van der Waals surface area contributed by atoms with Gasteiger partial charge in [0.05, 0.1) is 6.54 Å². The topological polar surface area (TPSA) is 95.1 Å². The van der Waals surface area contributed by atoms with Gasteiger partial charge in [-0.25, -0.2) is 0 Å². The number of aromatic amines is 1. The Kier molecular flexibility index (Phi) is 3.31. The van der Waals surface area contributed by atoms with Gasteiger partial charge in [-0.3, -0.25) is 9.59 Å².